The van der Waals surface area contributed by atoms with E-state index in [2.05, 4.69) is 21.6 Å². The minimum atomic E-state index is -0.398. The van der Waals surface area contributed by atoms with Crippen LogP contribution < -0.4 is 0 Å². The van der Waals surface area contributed by atoms with Gasteiger partial charge in [0.05, 0.1) is 5.57 Å². The molecule has 0 radical (unpaired) electrons. The van der Waals surface area contributed by atoms with Crippen LogP contribution in [0.2, 0.25) is 5.02 Å². The van der Waals surface area contributed by atoms with E-state index < -0.39 is 5.91 Å². The number of rotatable bonds is 7. The Kier molecular flexibility index (Phi) is 6.91. The van der Waals surface area contributed by atoms with Gasteiger partial charge in [-0.05, 0) is 80.8 Å². The summed E-state index contributed by atoms with van der Waals surface area (Å²) in [5, 5.41) is 16.8. The SMILES string of the molecule is CCCCCCC1=NN2C(=N)/C(=C/c3cc(C)n(-c4cccc(Cl)c4C)c3C)C(=O)N=C2S1. The van der Waals surface area contributed by atoms with Crippen molar-refractivity contribution in [2.24, 2.45) is 10.1 Å². The Morgan fingerprint density at radius 1 is 1.18 bits per heavy atom. The number of carbonyl (C=O) groups excluding carboxylic acids is 1. The molecule has 0 saturated heterocycles. The van der Waals surface area contributed by atoms with Gasteiger partial charge in [0.2, 0.25) is 5.17 Å². The summed E-state index contributed by atoms with van der Waals surface area (Å²) in [6.45, 7) is 8.20. The summed E-state index contributed by atoms with van der Waals surface area (Å²) >= 11 is 7.75. The number of aromatic nitrogens is 1. The van der Waals surface area contributed by atoms with Crippen LogP contribution >= 0.6 is 23.4 Å². The molecule has 0 bridgehead atoms. The normalized spacial score (nSPS) is 17.0. The van der Waals surface area contributed by atoms with Gasteiger partial charge in [-0.2, -0.15) is 15.1 Å². The van der Waals surface area contributed by atoms with Crippen LogP contribution in [0, 0.1) is 26.2 Å². The van der Waals surface area contributed by atoms with E-state index in [0.717, 1.165) is 52.5 Å². The first-order valence-electron chi connectivity index (χ1n) is 11.2. The van der Waals surface area contributed by atoms with Crippen LogP contribution in [0.3, 0.4) is 0 Å². The quantitative estimate of drug-likeness (QED) is 0.355. The van der Waals surface area contributed by atoms with Gasteiger partial charge in [0.25, 0.3) is 5.91 Å². The van der Waals surface area contributed by atoms with Gasteiger partial charge in [-0.3, -0.25) is 10.2 Å². The average Bonchev–Trinajstić information content (AvgIpc) is 3.31. The number of hydrogen-bond acceptors (Lipinski definition) is 4. The number of nitrogens with zero attached hydrogens (tertiary/aromatic N) is 4. The first-order chi connectivity index (χ1) is 15.8. The van der Waals surface area contributed by atoms with Crippen LogP contribution in [-0.2, 0) is 4.79 Å². The highest BCUT2D eigenvalue weighted by Gasteiger charge is 2.35. The molecule has 8 heteroatoms. The second kappa shape index (κ2) is 9.69. The fraction of sp³-hybridized carbons (Fsp3) is 0.360. The molecule has 2 aromatic rings. The van der Waals surface area contributed by atoms with Crippen molar-refractivity contribution in [2.45, 2.75) is 59.8 Å². The number of thioether (sulfide) groups is 1. The van der Waals surface area contributed by atoms with Crippen LogP contribution in [-0.4, -0.2) is 31.5 Å². The fourth-order valence-corrected chi connectivity index (χ4v) is 5.23. The van der Waals surface area contributed by atoms with E-state index in [0.29, 0.717) is 10.2 Å². The lowest BCUT2D eigenvalue weighted by Gasteiger charge is -2.20. The average molecular weight is 482 g/mol. The third-order valence-corrected chi connectivity index (χ3v) is 7.37. The van der Waals surface area contributed by atoms with Gasteiger partial charge in [-0.15, -0.1) is 0 Å². The molecule has 2 aliphatic rings. The summed E-state index contributed by atoms with van der Waals surface area (Å²) < 4.78 is 2.12. The zero-order valence-corrected chi connectivity index (χ0v) is 21.0. The number of amidine groups is 2. The molecule has 172 valence electrons. The summed E-state index contributed by atoms with van der Waals surface area (Å²) in [7, 11) is 0. The molecule has 0 spiro atoms. The smallest absolute Gasteiger partial charge is 0.283 e. The number of nitrogens with one attached hydrogen (secondary N) is 1. The number of benzene rings is 1. The molecular formula is C25H28ClN5OS. The van der Waals surface area contributed by atoms with Gasteiger partial charge < -0.3 is 4.57 Å². The second-order valence-corrected chi connectivity index (χ2v) is 9.82. The van der Waals surface area contributed by atoms with Crippen molar-refractivity contribution in [1.29, 1.82) is 5.41 Å². The Balaban J connectivity index is 1.63. The van der Waals surface area contributed by atoms with E-state index in [1.165, 1.54) is 29.6 Å². The van der Waals surface area contributed by atoms with E-state index in [-0.39, 0.29) is 11.4 Å². The summed E-state index contributed by atoms with van der Waals surface area (Å²) in [5.74, 6) is -0.324. The number of aryl methyl sites for hydroxylation is 1. The van der Waals surface area contributed by atoms with Crippen molar-refractivity contribution in [3.63, 3.8) is 0 Å². The molecule has 0 unspecified atom stereocenters. The van der Waals surface area contributed by atoms with Crippen molar-refractivity contribution in [3.8, 4) is 5.69 Å². The molecule has 0 saturated carbocycles. The minimum Gasteiger partial charge on any atom is -0.318 e. The number of aliphatic imine (C=N–C) groups is 1. The van der Waals surface area contributed by atoms with Crippen LogP contribution in [0.1, 0.15) is 61.5 Å². The minimum absolute atomic E-state index is 0.0739. The Morgan fingerprint density at radius 2 is 1.97 bits per heavy atom. The van der Waals surface area contributed by atoms with Gasteiger partial charge >= 0.3 is 0 Å². The van der Waals surface area contributed by atoms with Gasteiger partial charge in [0.15, 0.2) is 5.84 Å². The number of carbonyl (C=O) groups is 1. The first kappa shape index (κ1) is 23.5. The summed E-state index contributed by atoms with van der Waals surface area (Å²) in [4.78, 5) is 17.0. The van der Waals surface area contributed by atoms with Crippen molar-refractivity contribution in [2.75, 3.05) is 0 Å². The number of hydrazone groups is 1. The highest BCUT2D eigenvalue weighted by Crippen LogP contribution is 2.32. The van der Waals surface area contributed by atoms with E-state index >= 15 is 0 Å². The van der Waals surface area contributed by atoms with E-state index in [1.807, 2.05) is 45.0 Å². The third-order valence-electron chi connectivity index (χ3n) is 5.99. The lowest BCUT2D eigenvalue weighted by Crippen LogP contribution is -2.35. The number of halogens is 1. The topological polar surface area (TPSA) is 73.8 Å². The molecule has 1 amide bonds. The third kappa shape index (κ3) is 4.57. The van der Waals surface area contributed by atoms with Crippen LogP contribution in [0.5, 0.6) is 0 Å². The van der Waals surface area contributed by atoms with Crippen molar-refractivity contribution >= 4 is 51.4 Å². The van der Waals surface area contributed by atoms with Crippen molar-refractivity contribution in [1.82, 2.24) is 9.58 Å². The standard InChI is InChI=1S/C25H28ClN5OS/c1-5-6-7-8-12-22-29-31-23(27)19(24(32)28-25(31)33-22)14-18-13-15(2)30(17(18)4)21-11-9-10-20(26)16(21)3/h9-11,13-14,27H,5-8,12H2,1-4H3/b19-14-,27-23?. The fourth-order valence-electron chi connectivity index (χ4n) is 4.13. The molecule has 4 rings (SSSR count). The first-order valence-corrected chi connectivity index (χ1v) is 12.4. The molecule has 0 atom stereocenters. The Hall–Kier alpha value is -2.64. The Labute approximate surface area is 203 Å². The summed E-state index contributed by atoms with van der Waals surface area (Å²) in [6, 6.07) is 7.85. The highest BCUT2D eigenvalue weighted by atomic mass is 35.5. The number of amides is 1. The van der Waals surface area contributed by atoms with Crippen molar-refractivity contribution in [3.05, 3.63) is 57.4 Å². The maximum atomic E-state index is 12.8. The monoisotopic (exact) mass is 481 g/mol. The second-order valence-electron chi connectivity index (χ2n) is 8.37. The molecule has 3 heterocycles. The Morgan fingerprint density at radius 3 is 2.73 bits per heavy atom. The molecule has 1 aromatic heterocycles. The largest absolute Gasteiger partial charge is 0.318 e. The van der Waals surface area contributed by atoms with E-state index in [4.69, 9.17) is 17.0 Å². The zero-order valence-electron chi connectivity index (χ0n) is 19.4. The molecule has 0 fully saturated rings. The summed E-state index contributed by atoms with van der Waals surface area (Å²) in [6.07, 6.45) is 7.20. The van der Waals surface area contributed by atoms with E-state index in [1.54, 1.807) is 6.08 Å². The van der Waals surface area contributed by atoms with Crippen LogP contribution in [0.15, 0.2) is 39.9 Å². The number of unbranched alkanes of at least 4 members (excludes halogenated alkanes) is 3. The molecule has 0 aliphatic carbocycles. The zero-order chi connectivity index (χ0) is 23.7. The van der Waals surface area contributed by atoms with Crippen molar-refractivity contribution < 1.29 is 4.79 Å². The molecule has 2 aliphatic heterocycles. The van der Waals surface area contributed by atoms with Gasteiger partial charge in [0, 0.05) is 22.1 Å². The number of hydrogen-bond donors (Lipinski definition) is 1. The summed E-state index contributed by atoms with van der Waals surface area (Å²) in [5.41, 5.74) is 5.10. The predicted octanol–water partition coefficient (Wildman–Crippen LogP) is 6.65. The maximum absolute atomic E-state index is 12.8. The van der Waals surface area contributed by atoms with Gasteiger partial charge in [-0.1, -0.05) is 43.9 Å². The van der Waals surface area contributed by atoms with Crippen LogP contribution in [0.25, 0.3) is 11.8 Å². The van der Waals surface area contributed by atoms with Crippen LogP contribution in [0.4, 0.5) is 0 Å². The van der Waals surface area contributed by atoms with E-state index in [9.17, 15) is 4.79 Å². The van der Waals surface area contributed by atoms with Gasteiger partial charge in [-0.25, -0.2) is 0 Å². The predicted molar refractivity (Wildman–Crippen MR) is 139 cm³/mol. The highest BCUT2D eigenvalue weighted by molar-refractivity contribution is 8.26. The molecular weight excluding hydrogens is 454 g/mol. The van der Waals surface area contributed by atoms with Gasteiger partial charge in [0.1, 0.15) is 5.04 Å². The molecule has 1 aromatic carbocycles. The number of fused-ring (bicyclic) bond motifs is 1. The lowest BCUT2D eigenvalue weighted by molar-refractivity contribution is -0.114. The maximum Gasteiger partial charge on any atom is 0.283 e. The molecule has 1 N–H and O–H groups in total. The molecule has 33 heavy (non-hydrogen) atoms. The lowest BCUT2D eigenvalue weighted by atomic mass is 10.1. The molecule has 6 nitrogen and oxygen atoms in total. The Bertz CT molecular complexity index is 1220.